The van der Waals surface area contributed by atoms with Gasteiger partial charge in [0.1, 0.15) is 23.4 Å². The Labute approximate surface area is 126 Å². The molecule has 0 fully saturated rings. The van der Waals surface area contributed by atoms with Crippen molar-refractivity contribution in [2.45, 2.75) is 66.2 Å². The topological polar surface area (TPSA) is 77.5 Å². The first-order chi connectivity index (χ1) is 9.92. The van der Waals surface area contributed by atoms with Gasteiger partial charge in [0.15, 0.2) is 0 Å². The zero-order chi connectivity index (χ0) is 16.4. The highest BCUT2D eigenvalue weighted by atomic mass is 16.6. The molecule has 0 aromatic heterocycles. The molecule has 0 rings (SSSR count). The van der Waals surface area contributed by atoms with E-state index in [1.54, 1.807) is 13.8 Å². The Morgan fingerprint density at radius 1 is 0.714 bits per heavy atom. The number of hydrogen-bond donors (Lipinski definition) is 0. The van der Waals surface area contributed by atoms with E-state index in [1.807, 2.05) is 13.8 Å². The summed E-state index contributed by atoms with van der Waals surface area (Å²) in [5.74, 6) is -3.91. The van der Waals surface area contributed by atoms with Crippen molar-refractivity contribution < 1.29 is 23.9 Å². The standard InChI is InChI=1S/C16H26O5/c1-5-9-13(17)11(7-3)15(19)21-16(20)12(8-4)14(18)10-6-2/h11-12H,5-10H2,1-4H3. The van der Waals surface area contributed by atoms with Gasteiger partial charge in [-0.3, -0.25) is 19.2 Å². The summed E-state index contributed by atoms with van der Waals surface area (Å²) in [7, 11) is 0. The van der Waals surface area contributed by atoms with Crippen LogP contribution in [0, 0.1) is 11.8 Å². The predicted octanol–water partition coefficient (Wildman–Crippen LogP) is 2.85. The molecule has 21 heavy (non-hydrogen) atoms. The quantitative estimate of drug-likeness (QED) is 0.458. The van der Waals surface area contributed by atoms with Crippen molar-refractivity contribution in [2.24, 2.45) is 11.8 Å². The average molecular weight is 298 g/mol. The summed E-state index contributed by atoms with van der Waals surface area (Å²) >= 11 is 0. The summed E-state index contributed by atoms with van der Waals surface area (Å²) in [5.41, 5.74) is 0. The fraction of sp³-hybridized carbons (Fsp3) is 0.750. The number of carbonyl (C=O) groups excluding carboxylic acids is 4. The molecule has 0 saturated heterocycles. The summed E-state index contributed by atoms with van der Waals surface area (Å²) in [4.78, 5) is 47.4. The highest BCUT2D eigenvalue weighted by molar-refractivity contribution is 6.06. The summed E-state index contributed by atoms with van der Waals surface area (Å²) < 4.78 is 4.77. The third-order valence-electron chi connectivity index (χ3n) is 3.36. The number of rotatable bonds is 10. The number of hydrogen-bond acceptors (Lipinski definition) is 5. The van der Waals surface area contributed by atoms with Crippen molar-refractivity contribution in [2.75, 3.05) is 0 Å². The van der Waals surface area contributed by atoms with Gasteiger partial charge in [0.2, 0.25) is 0 Å². The van der Waals surface area contributed by atoms with E-state index in [0.717, 1.165) is 0 Å². The van der Waals surface area contributed by atoms with E-state index >= 15 is 0 Å². The van der Waals surface area contributed by atoms with E-state index in [9.17, 15) is 19.2 Å². The van der Waals surface area contributed by atoms with Gasteiger partial charge >= 0.3 is 11.9 Å². The van der Waals surface area contributed by atoms with E-state index in [-0.39, 0.29) is 24.4 Å². The van der Waals surface area contributed by atoms with E-state index in [4.69, 9.17) is 4.74 Å². The van der Waals surface area contributed by atoms with Crippen LogP contribution >= 0.6 is 0 Å². The molecule has 120 valence electrons. The number of carbonyl (C=O) groups is 4. The maximum atomic E-state index is 11.9. The highest BCUT2D eigenvalue weighted by Crippen LogP contribution is 2.15. The smallest absolute Gasteiger partial charge is 0.324 e. The van der Waals surface area contributed by atoms with Gasteiger partial charge in [0.25, 0.3) is 0 Å². The van der Waals surface area contributed by atoms with Crippen LogP contribution in [0.5, 0.6) is 0 Å². The van der Waals surface area contributed by atoms with Crippen LogP contribution in [0.2, 0.25) is 0 Å². The zero-order valence-electron chi connectivity index (χ0n) is 13.4. The number of Topliss-reactive ketones (excluding diaryl/α,β-unsaturated/α-hetero) is 2. The van der Waals surface area contributed by atoms with Gasteiger partial charge in [-0.05, 0) is 25.7 Å². The molecule has 0 N–H and O–H groups in total. The summed E-state index contributed by atoms with van der Waals surface area (Å²) in [6.45, 7) is 7.09. The van der Waals surface area contributed by atoms with E-state index in [1.165, 1.54) is 0 Å². The summed E-state index contributed by atoms with van der Waals surface area (Å²) in [5, 5.41) is 0. The van der Waals surface area contributed by atoms with Crippen molar-refractivity contribution >= 4 is 23.5 Å². The summed E-state index contributed by atoms with van der Waals surface area (Å²) in [6, 6.07) is 0. The average Bonchev–Trinajstić information content (AvgIpc) is 2.40. The lowest BCUT2D eigenvalue weighted by Gasteiger charge is -2.15. The minimum Gasteiger partial charge on any atom is -0.392 e. The second-order valence-electron chi connectivity index (χ2n) is 5.09. The molecule has 0 amide bonds. The lowest BCUT2D eigenvalue weighted by molar-refractivity contribution is -0.167. The van der Waals surface area contributed by atoms with Gasteiger partial charge in [0, 0.05) is 12.8 Å². The third kappa shape index (κ3) is 6.19. The molecular weight excluding hydrogens is 272 g/mol. The molecule has 5 heteroatoms. The second kappa shape index (κ2) is 10.2. The van der Waals surface area contributed by atoms with Gasteiger partial charge in [-0.1, -0.05) is 27.7 Å². The molecule has 0 aliphatic heterocycles. The fourth-order valence-corrected chi connectivity index (χ4v) is 2.13. The number of ether oxygens (including phenoxy) is 1. The van der Waals surface area contributed by atoms with Crippen molar-refractivity contribution in [1.29, 1.82) is 0 Å². The molecule has 0 radical (unpaired) electrons. The Bertz CT molecular complexity index is 350. The zero-order valence-corrected chi connectivity index (χ0v) is 13.4. The van der Waals surface area contributed by atoms with Gasteiger partial charge in [-0.15, -0.1) is 0 Å². The van der Waals surface area contributed by atoms with E-state index in [0.29, 0.717) is 25.7 Å². The van der Waals surface area contributed by atoms with Gasteiger partial charge in [0.05, 0.1) is 0 Å². The Balaban J connectivity index is 4.76. The first-order valence-electron chi connectivity index (χ1n) is 7.73. The lowest BCUT2D eigenvalue weighted by Crippen LogP contribution is -2.32. The summed E-state index contributed by atoms with van der Waals surface area (Å²) in [6.07, 6.45) is 2.45. The molecule has 2 atom stereocenters. The molecule has 0 aromatic carbocycles. The molecule has 0 aliphatic carbocycles. The first-order valence-corrected chi connectivity index (χ1v) is 7.73. The molecule has 0 heterocycles. The van der Waals surface area contributed by atoms with Crippen molar-refractivity contribution in [3.05, 3.63) is 0 Å². The largest absolute Gasteiger partial charge is 0.392 e. The number of esters is 2. The van der Waals surface area contributed by atoms with Crippen LogP contribution in [0.1, 0.15) is 66.2 Å². The van der Waals surface area contributed by atoms with Crippen LogP contribution in [0.15, 0.2) is 0 Å². The Morgan fingerprint density at radius 3 is 1.29 bits per heavy atom. The van der Waals surface area contributed by atoms with Crippen LogP contribution in [0.25, 0.3) is 0 Å². The van der Waals surface area contributed by atoms with Crippen molar-refractivity contribution in [1.82, 2.24) is 0 Å². The van der Waals surface area contributed by atoms with Crippen molar-refractivity contribution in [3.63, 3.8) is 0 Å². The SMILES string of the molecule is CCCC(=O)C(CC)C(=O)OC(=O)C(CC)C(=O)CCC. The maximum absolute atomic E-state index is 11.9. The van der Waals surface area contributed by atoms with Crippen LogP contribution < -0.4 is 0 Å². The van der Waals surface area contributed by atoms with Crippen LogP contribution in [0.3, 0.4) is 0 Å². The molecule has 0 spiro atoms. The van der Waals surface area contributed by atoms with Crippen LogP contribution in [-0.2, 0) is 23.9 Å². The molecule has 5 nitrogen and oxygen atoms in total. The van der Waals surface area contributed by atoms with Gasteiger partial charge in [-0.25, -0.2) is 0 Å². The highest BCUT2D eigenvalue weighted by Gasteiger charge is 2.32. The first kappa shape index (κ1) is 19.5. The fourth-order valence-electron chi connectivity index (χ4n) is 2.13. The minimum atomic E-state index is -0.910. The van der Waals surface area contributed by atoms with Crippen molar-refractivity contribution in [3.8, 4) is 0 Å². The molecule has 0 bridgehead atoms. The molecule has 2 unspecified atom stereocenters. The van der Waals surface area contributed by atoms with Gasteiger partial charge < -0.3 is 4.74 Å². The predicted molar refractivity (Wildman–Crippen MR) is 78.5 cm³/mol. The Kier molecular flexibility index (Phi) is 9.50. The van der Waals surface area contributed by atoms with Crippen LogP contribution in [-0.4, -0.2) is 23.5 Å². The Morgan fingerprint density at radius 2 is 1.05 bits per heavy atom. The maximum Gasteiger partial charge on any atom is 0.324 e. The number of ketones is 2. The van der Waals surface area contributed by atoms with E-state index < -0.39 is 23.8 Å². The minimum absolute atomic E-state index is 0.217. The molecular formula is C16H26O5. The van der Waals surface area contributed by atoms with Gasteiger partial charge in [-0.2, -0.15) is 0 Å². The second-order valence-corrected chi connectivity index (χ2v) is 5.09. The monoisotopic (exact) mass is 298 g/mol. The molecule has 0 saturated carbocycles. The van der Waals surface area contributed by atoms with Crippen LogP contribution in [0.4, 0.5) is 0 Å². The van der Waals surface area contributed by atoms with E-state index in [2.05, 4.69) is 0 Å². The molecule has 0 aromatic rings. The Hall–Kier alpha value is -1.52. The third-order valence-corrected chi connectivity index (χ3v) is 3.36. The normalized spacial score (nSPS) is 13.3. The lowest BCUT2D eigenvalue weighted by atomic mass is 9.96. The molecule has 0 aliphatic rings.